The fourth-order valence-electron chi connectivity index (χ4n) is 1.24. The summed E-state index contributed by atoms with van der Waals surface area (Å²) < 4.78 is 33.6. The normalized spacial score (nSPS) is 13.6. The van der Waals surface area contributed by atoms with Crippen molar-refractivity contribution in [2.75, 3.05) is 0 Å². The topological polar surface area (TPSA) is 150 Å². The third-order valence-electron chi connectivity index (χ3n) is 2.07. The lowest BCUT2D eigenvalue weighted by Gasteiger charge is -2.14. The number of nitrogens with two attached hydrogens (primary N) is 1. The second-order valence-corrected chi connectivity index (χ2v) is 4.62. The van der Waals surface area contributed by atoms with Crippen LogP contribution in [-0.2, 0) is 16.8 Å². The predicted molar refractivity (Wildman–Crippen MR) is 60.2 cm³/mol. The highest BCUT2D eigenvalue weighted by Gasteiger charge is 2.15. The molecule has 0 spiro atoms. The molecule has 1 atom stereocenters. The van der Waals surface area contributed by atoms with E-state index in [1.807, 2.05) is 0 Å². The Bertz CT molecular complexity index is 514. The molecule has 0 aromatic heterocycles. The largest absolute Gasteiger partial charge is 0.504 e. The zero-order chi connectivity index (χ0) is 13.9. The lowest BCUT2D eigenvalue weighted by molar-refractivity contribution is -0.0577. The molecule has 0 bridgehead atoms. The van der Waals surface area contributed by atoms with E-state index >= 15 is 0 Å². The van der Waals surface area contributed by atoms with Gasteiger partial charge < -0.3 is 25.2 Å². The van der Waals surface area contributed by atoms with Gasteiger partial charge in [-0.25, -0.2) is 0 Å². The summed E-state index contributed by atoms with van der Waals surface area (Å²) in [6.07, 6.45) is -1.72. The SMILES string of the molecule is N[C@@H](Cc1ccc(O)c(OS(=O)(=O)O)c1)C(O)O. The lowest BCUT2D eigenvalue weighted by Crippen LogP contribution is -2.36. The van der Waals surface area contributed by atoms with Crippen LogP contribution >= 0.6 is 0 Å². The Labute approximate surface area is 103 Å². The number of hydrogen-bond donors (Lipinski definition) is 5. The fourth-order valence-corrected chi connectivity index (χ4v) is 1.60. The van der Waals surface area contributed by atoms with Crippen LogP contribution in [0.1, 0.15) is 5.56 Å². The average molecular weight is 279 g/mol. The van der Waals surface area contributed by atoms with Crippen LogP contribution in [-0.4, -0.2) is 40.6 Å². The summed E-state index contributed by atoms with van der Waals surface area (Å²) in [7, 11) is -4.75. The van der Waals surface area contributed by atoms with Gasteiger partial charge >= 0.3 is 10.4 Å². The van der Waals surface area contributed by atoms with Crippen molar-refractivity contribution in [3.05, 3.63) is 23.8 Å². The van der Waals surface area contributed by atoms with Crippen LogP contribution < -0.4 is 9.92 Å². The summed E-state index contributed by atoms with van der Waals surface area (Å²) in [6.45, 7) is 0. The minimum absolute atomic E-state index is 0.0137. The molecule has 1 aromatic rings. The van der Waals surface area contributed by atoms with E-state index in [4.69, 9.17) is 20.5 Å². The molecule has 0 aliphatic rings. The third kappa shape index (κ3) is 4.47. The second-order valence-electron chi connectivity index (χ2n) is 3.59. The van der Waals surface area contributed by atoms with Gasteiger partial charge in [0.2, 0.25) is 0 Å². The molecule has 9 heteroatoms. The number of phenols is 1. The molecule has 0 aliphatic heterocycles. The number of aliphatic hydroxyl groups is 2. The fraction of sp³-hybridized carbons (Fsp3) is 0.333. The summed E-state index contributed by atoms with van der Waals surface area (Å²) >= 11 is 0. The monoisotopic (exact) mass is 279 g/mol. The molecule has 18 heavy (non-hydrogen) atoms. The minimum Gasteiger partial charge on any atom is -0.504 e. The van der Waals surface area contributed by atoms with Gasteiger partial charge in [0.15, 0.2) is 17.8 Å². The van der Waals surface area contributed by atoms with Crippen LogP contribution in [0.2, 0.25) is 0 Å². The number of rotatable bonds is 5. The zero-order valence-corrected chi connectivity index (χ0v) is 9.91. The van der Waals surface area contributed by atoms with E-state index in [0.29, 0.717) is 5.56 Å². The second kappa shape index (κ2) is 5.50. The maximum absolute atomic E-state index is 10.5. The molecular weight excluding hydrogens is 266 g/mol. The van der Waals surface area contributed by atoms with Gasteiger partial charge in [0.25, 0.3) is 0 Å². The molecule has 0 heterocycles. The van der Waals surface area contributed by atoms with E-state index < -0.39 is 34.2 Å². The van der Waals surface area contributed by atoms with Crippen molar-refractivity contribution in [3.63, 3.8) is 0 Å². The van der Waals surface area contributed by atoms with Crippen LogP contribution in [0.5, 0.6) is 11.5 Å². The number of benzene rings is 1. The Morgan fingerprint density at radius 3 is 2.44 bits per heavy atom. The minimum atomic E-state index is -4.75. The first-order valence-corrected chi connectivity index (χ1v) is 6.16. The van der Waals surface area contributed by atoms with Crippen LogP contribution in [0, 0.1) is 0 Å². The predicted octanol–water partition coefficient (Wildman–Crippen LogP) is -1.25. The summed E-state index contributed by atoms with van der Waals surface area (Å²) in [5, 5.41) is 26.9. The van der Waals surface area contributed by atoms with Gasteiger partial charge in [0.05, 0.1) is 6.04 Å². The maximum atomic E-state index is 10.5. The highest BCUT2D eigenvalue weighted by molar-refractivity contribution is 7.81. The average Bonchev–Trinajstić information content (AvgIpc) is 2.20. The summed E-state index contributed by atoms with van der Waals surface area (Å²) in [5.74, 6) is -0.968. The molecule has 1 aromatic carbocycles. The number of aromatic hydroxyl groups is 1. The van der Waals surface area contributed by atoms with Crippen molar-refractivity contribution in [1.82, 2.24) is 0 Å². The number of hydrogen-bond acceptors (Lipinski definition) is 7. The number of phenolic OH excluding ortho intramolecular Hbond substituents is 1. The first-order chi connectivity index (χ1) is 8.19. The lowest BCUT2D eigenvalue weighted by atomic mass is 10.1. The van der Waals surface area contributed by atoms with Gasteiger partial charge in [-0.2, -0.15) is 8.42 Å². The van der Waals surface area contributed by atoms with Crippen molar-refractivity contribution in [3.8, 4) is 11.5 Å². The van der Waals surface area contributed by atoms with Crippen LogP contribution in [0.15, 0.2) is 18.2 Å². The molecule has 6 N–H and O–H groups in total. The molecule has 0 radical (unpaired) electrons. The van der Waals surface area contributed by atoms with Crippen molar-refractivity contribution >= 4 is 10.4 Å². The molecule has 8 nitrogen and oxygen atoms in total. The van der Waals surface area contributed by atoms with Crippen molar-refractivity contribution in [2.45, 2.75) is 18.8 Å². The van der Waals surface area contributed by atoms with E-state index in [1.165, 1.54) is 6.07 Å². The van der Waals surface area contributed by atoms with Gasteiger partial charge in [0.1, 0.15) is 0 Å². The number of aliphatic hydroxyl groups excluding tert-OH is 1. The van der Waals surface area contributed by atoms with E-state index in [1.54, 1.807) is 0 Å². The maximum Gasteiger partial charge on any atom is 0.446 e. The quantitative estimate of drug-likeness (QED) is 0.331. The third-order valence-corrected chi connectivity index (χ3v) is 2.46. The summed E-state index contributed by atoms with van der Waals surface area (Å²) in [6, 6.07) is 2.67. The first-order valence-electron chi connectivity index (χ1n) is 4.79. The molecule has 0 saturated heterocycles. The Morgan fingerprint density at radius 1 is 1.33 bits per heavy atom. The van der Waals surface area contributed by atoms with Crippen LogP contribution in [0.3, 0.4) is 0 Å². The molecule has 1 rings (SSSR count). The van der Waals surface area contributed by atoms with Gasteiger partial charge in [-0.15, -0.1) is 0 Å². The standard InChI is InChI=1S/C9H13NO7S/c10-6(9(12)13)3-5-1-2-7(11)8(4-5)17-18(14,15)16/h1-2,4,6,9,11-13H,3,10H2,(H,14,15,16)/t6-/m0/s1. The Hall–Kier alpha value is -1.39. The van der Waals surface area contributed by atoms with Gasteiger partial charge in [-0.05, 0) is 24.1 Å². The summed E-state index contributed by atoms with van der Waals surface area (Å²) in [5.41, 5.74) is 5.79. The van der Waals surface area contributed by atoms with Gasteiger partial charge in [-0.3, -0.25) is 4.55 Å². The van der Waals surface area contributed by atoms with E-state index in [2.05, 4.69) is 4.18 Å². The van der Waals surface area contributed by atoms with Crippen molar-refractivity contribution in [1.29, 1.82) is 0 Å². The van der Waals surface area contributed by atoms with Gasteiger partial charge in [-0.1, -0.05) is 6.07 Å². The highest BCUT2D eigenvalue weighted by atomic mass is 32.3. The van der Waals surface area contributed by atoms with Crippen LogP contribution in [0.4, 0.5) is 0 Å². The first kappa shape index (κ1) is 14.7. The van der Waals surface area contributed by atoms with Crippen molar-refractivity contribution < 1.29 is 32.5 Å². The molecular formula is C9H13NO7S. The molecule has 102 valence electrons. The Balaban J connectivity index is 2.94. The Kier molecular flexibility index (Phi) is 4.48. The van der Waals surface area contributed by atoms with E-state index in [0.717, 1.165) is 12.1 Å². The highest BCUT2D eigenvalue weighted by Crippen LogP contribution is 2.28. The van der Waals surface area contributed by atoms with Crippen LogP contribution in [0.25, 0.3) is 0 Å². The smallest absolute Gasteiger partial charge is 0.446 e. The van der Waals surface area contributed by atoms with Crippen molar-refractivity contribution in [2.24, 2.45) is 5.73 Å². The summed E-state index contributed by atoms with van der Waals surface area (Å²) in [4.78, 5) is 0. The molecule has 0 amide bonds. The Morgan fingerprint density at radius 2 is 1.94 bits per heavy atom. The molecule has 0 fully saturated rings. The molecule has 0 saturated carbocycles. The zero-order valence-electron chi connectivity index (χ0n) is 9.09. The van der Waals surface area contributed by atoms with E-state index in [-0.39, 0.29) is 6.42 Å². The van der Waals surface area contributed by atoms with E-state index in [9.17, 15) is 13.5 Å². The molecule has 0 unspecified atom stereocenters. The molecule has 0 aliphatic carbocycles. The van der Waals surface area contributed by atoms with Gasteiger partial charge in [0, 0.05) is 0 Å².